The molecule has 0 radical (unpaired) electrons. The molecule has 2 aromatic carbocycles. The second-order valence-corrected chi connectivity index (χ2v) is 8.95. The van der Waals surface area contributed by atoms with Crippen molar-refractivity contribution in [2.75, 3.05) is 7.11 Å². The molecule has 0 spiro atoms. The van der Waals surface area contributed by atoms with Gasteiger partial charge in [-0.3, -0.25) is 13.9 Å². The zero-order chi connectivity index (χ0) is 25.0. The molecule has 0 bridgehead atoms. The summed E-state index contributed by atoms with van der Waals surface area (Å²) in [6, 6.07) is 13.9. The normalized spacial score (nSPS) is 12.7. The van der Waals surface area contributed by atoms with Crippen molar-refractivity contribution < 1.29 is 27.9 Å². The van der Waals surface area contributed by atoms with Crippen LogP contribution in [-0.4, -0.2) is 34.9 Å². The van der Waals surface area contributed by atoms with Crippen LogP contribution in [0.25, 0.3) is 0 Å². The lowest BCUT2D eigenvalue weighted by Gasteiger charge is -2.15. The Balaban J connectivity index is 2.05. The van der Waals surface area contributed by atoms with Crippen molar-refractivity contribution in [2.24, 2.45) is 10.2 Å². The number of rotatable bonds is 8. The molecule has 11 heteroatoms. The highest BCUT2D eigenvalue weighted by Crippen LogP contribution is 2.34. The number of aliphatic hydroxyl groups excluding tert-OH is 1. The van der Waals surface area contributed by atoms with Crippen molar-refractivity contribution in [2.45, 2.75) is 32.2 Å². The highest BCUT2D eigenvalue weighted by Gasteiger charge is 2.22. The van der Waals surface area contributed by atoms with Gasteiger partial charge in [-0.15, -0.1) is 10.2 Å². The van der Waals surface area contributed by atoms with E-state index in [1.165, 1.54) is 14.0 Å². The van der Waals surface area contributed by atoms with Gasteiger partial charge >= 0.3 is 0 Å². The van der Waals surface area contributed by atoms with E-state index in [0.29, 0.717) is 16.9 Å². The second kappa shape index (κ2) is 10.2. The van der Waals surface area contributed by atoms with Gasteiger partial charge in [-0.05, 0) is 42.7 Å². The maximum Gasteiger partial charge on any atom is 0.281 e. The second-order valence-electron chi connectivity index (χ2n) is 7.50. The predicted octanol–water partition coefficient (Wildman–Crippen LogP) is 3.78. The predicted molar refractivity (Wildman–Crippen MR) is 126 cm³/mol. The number of nitrogens with zero attached hydrogens (tertiary/aromatic N) is 3. The Morgan fingerprint density at radius 2 is 1.76 bits per heavy atom. The number of azo groups is 1. The van der Waals surface area contributed by atoms with Crippen LogP contribution in [0.4, 0.5) is 11.4 Å². The van der Waals surface area contributed by atoms with E-state index in [1.54, 1.807) is 37.3 Å². The number of hydrogen-bond acceptors (Lipinski definition) is 8. The monoisotopic (exact) mass is 487 g/mol. The summed E-state index contributed by atoms with van der Waals surface area (Å²) in [5.74, 6) is -1.15. The number of hydrogen-bond donors (Lipinski definition) is 3. The molecule has 3 aromatic rings. The molecule has 1 heterocycles. The Kier molecular flexibility index (Phi) is 7.50. The third kappa shape index (κ3) is 5.33. The minimum absolute atomic E-state index is 0.0430. The molecule has 0 aliphatic heterocycles. The summed E-state index contributed by atoms with van der Waals surface area (Å²) in [7, 11) is -3.06. The molecule has 1 atom stereocenters. The van der Waals surface area contributed by atoms with E-state index < -0.39 is 33.4 Å². The van der Waals surface area contributed by atoms with Crippen LogP contribution in [0, 0.1) is 6.92 Å². The number of pyridine rings is 1. The van der Waals surface area contributed by atoms with Crippen molar-refractivity contribution in [1.82, 2.24) is 4.57 Å². The van der Waals surface area contributed by atoms with E-state index in [-0.39, 0.29) is 29.0 Å². The molecule has 1 aromatic heterocycles. The number of aliphatic hydroxyl groups is 1. The number of aromatic hydroxyl groups is 1. The minimum atomic E-state index is -4.48. The topological polar surface area (TPSA) is 151 Å². The fourth-order valence-corrected chi connectivity index (χ4v) is 4.21. The molecule has 0 saturated carbocycles. The zero-order valence-electron chi connectivity index (χ0n) is 18.8. The van der Waals surface area contributed by atoms with Crippen molar-refractivity contribution in [3.05, 3.63) is 81.1 Å². The van der Waals surface area contributed by atoms with Crippen LogP contribution >= 0.6 is 0 Å². The van der Waals surface area contributed by atoms with Crippen LogP contribution in [0.15, 0.2) is 63.6 Å². The van der Waals surface area contributed by atoms with E-state index in [9.17, 15) is 28.0 Å². The van der Waals surface area contributed by atoms with Gasteiger partial charge in [-0.1, -0.05) is 36.4 Å². The van der Waals surface area contributed by atoms with Gasteiger partial charge in [0.2, 0.25) is 0 Å². The van der Waals surface area contributed by atoms with Crippen molar-refractivity contribution in [3.63, 3.8) is 0 Å². The van der Waals surface area contributed by atoms with Crippen LogP contribution < -0.4 is 10.3 Å². The molecule has 3 rings (SSSR count). The first-order chi connectivity index (χ1) is 16.1. The maximum atomic E-state index is 12.8. The zero-order valence-corrected chi connectivity index (χ0v) is 19.7. The molecule has 34 heavy (non-hydrogen) atoms. The van der Waals surface area contributed by atoms with Crippen LogP contribution in [0.2, 0.25) is 0 Å². The first-order valence-electron chi connectivity index (χ1n) is 10.3. The van der Waals surface area contributed by atoms with Crippen LogP contribution in [0.3, 0.4) is 0 Å². The van der Waals surface area contributed by atoms with Crippen molar-refractivity contribution in [3.8, 4) is 11.6 Å². The Labute approximate surface area is 196 Å². The summed E-state index contributed by atoms with van der Waals surface area (Å²) in [5.41, 5.74) is 0.591. The number of benzene rings is 2. The molecule has 0 saturated heterocycles. The van der Waals surface area contributed by atoms with E-state index in [4.69, 9.17) is 4.74 Å². The summed E-state index contributed by atoms with van der Waals surface area (Å²) in [6.45, 7) is 3.04. The van der Waals surface area contributed by atoms with Crippen LogP contribution in [0.5, 0.6) is 11.6 Å². The lowest BCUT2D eigenvalue weighted by molar-refractivity contribution is 0.220. The van der Waals surface area contributed by atoms with Crippen LogP contribution in [0.1, 0.15) is 35.3 Å². The quantitative estimate of drug-likeness (QED) is 0.323. The third-order valence-corrected chi connectivity index (χ3v) is 5.97. The molecule has 1 unspecified atom stereocenters. The van der Waals surface area contributed by atoms with Gasteiger partial charge in [0.05, 0.1) is 7.11 Å². The standard InChI is InChI=1S/C23H25N3O7S/c1-4-26-22(28)17(13-34(30,31)32)14(2)20(23(26)29)25-24-18-11-10-16(12-19(18)33-3)21(27)15-8-6-5-7-9-15/h5-12,21,27-28H,4,13H2,1-3H3,(H,30,31,32)/b25-24+. The lowest BCUT2D eigenvalue weighted by atomic mass is 10.0. The van der Waals surface area contributed by atoms with Crippen molar-refractivity contribution >= 4 is 21.5 Å². The van der Waals surface area contributed by atoms with Gasteiger partial charge in [0.1, 0.15) is 23.3 Å². The molecular weight excluding hydrogens is 462 g/mol. The SMILES string of the molecule is CCn1c(O)c(CS(=O)(=O)O)c(C)c(/N=N/c2ccc(C(O)c3ccccc3)cc2OC)c1=O. The summed E-state index contributed by atoms with van der Waals surface area (Å²) in [6.07, 6.45) is -0.889. The Morgan fingerprint density at radius 3 is 2.35 bits per heavy atom. The summed E-state index contributed by atoms with van der Waals surface area (Å²) in [4.78, 5) is 12.8. The van der Waals surface area contributed by atoms with Gasteiger partial charge in [0.25, 0.3) is 15.7 Å². The van der Waals surface area contributed by atoms with Gasteiger partial charge in [-0.25, -0.2) is 0 Å². The maximum absolute atomic E-state index is 12.8. The first-order valence-corrected chi connectivity index (χ1v) is 11.9. The Hall–Kier alpha value is -3.54. The largest absolute Gasteiger partial charge is 0.494 e. The average molecular weight is 488 g/mol. The van der Waals surface area contributed by atoms with Gasteiger partial charge in [0, 0.05) is 12.1 Å². The van der Waals surface area contributed by atoms with Crippen molar-refractivity contribution in [1.29, 1.82) is 0 Å². The molecule has 180 valence electrons. The molecule has 0 aliphatic rings. The number of aromatic nitrogens is 1. The smallest absolute Gasteiger partial charge is 0.281 e. The molecular formula is C23H25N3O7S. The summed E-state index contributed by atoms with van der Waals surface area (Å²) < 4.78 is 38.4. The highest BCUT2D eigenvalue weighted by molar-refractivity contribution is 7.85. The van der Waals surface area contributed by atoms with Gasteiger partial charge in [0.15, 0.2) is 11.6 Å². The summed E-state index contributed by atoms with van der Waals surface area (Å²) >= 11 is 0. The molecule has 0 amide bonds. The Morgan fingerprint density at radius 1 is 1.09 bits per heavy atom. The fraction of sp³-hybridized carbons (Fsp3) is 0.261. The highest BCUT2D eigenvalue weighted by atomic mass is 32.2. The number of methoxy groups -OCH3 is 1. The third-order valence-electron chi connectivity index (χ3n) is 5.32. The molecule has 0 fully saturated rings. The van der Waals surface area contributed by atoms with E-state index in [0.717, 1.165) is 4.57 Å². The van der Waals surface area contributed by atoms with E-state index in [1.807, 2.05) is 18.2 Å². The average Bonchev–Trinajstić information content (AvgIpc) is 2.81. The van der Waals surface area contributed by atoms with Gasteiger partial charge < -0.3 is 14.9 Å². The lowest BCUT2D eigenvalue weighted by Crippen LogP contribution is -2.22. The first kappa shape index (κ1) is 25.1. The van der Waals surface area contributed by atoms with Gasteiger partial charge in [-0.2, -0.15) is 8.42 Å². The van der Waals surface area contributed by atoms with E-state index >= 15 is 0 Å². The Bertz CT molecular complexity index is 1380. The summed E-state index contributed by atoms with van der Waals surface area (Å²) in [5, 5.41) is 29.1. The van der Waals surface area contributed by atoms with Crippen LogP contribution in [-0.2, 0) is 22.4 Å². The number of ether oxygens (including phenoxy) is 1. The van der Waals surface area contributed by atoms with E-state index in [2.05, 4.69) is 10.2 Å². The molecule has 0 aliphatic carbocycles. The fourth-order valence-electron chi connectivity index (χ4n) is 3.50. The minimum Gasteiger partial charge on any atom is -0.494 e. The molecule has 10 nitrogen and oxygen atoms in total. The molecule has 3 N–H and O–H groups in total.